The molecule has 1 aliphatic heterocycles. The van der Waals surface area contributed by atoms with Crippen LogP contribution in [-0.4, -0.2) is 25.2 Å². The molecule has 1 fully saturated rings. The third kappa shape index (κ3) is 3.65. The summed E-state index contributed by atoms with van der Waals surface area (Å²) in [5, 5.41) is 7.16. The third-order valence-corrected chi connectivity index (χ3v) is 3.03. The highest BCUT2D eigenvalue weighted by atomic mass is 15.0. The number of piperidine rings is 1. The Balaban J connectivity index is 2.27. The molecule has 0 aliphatic carbocycles. The molecule has 2 nitrogen and oxygen atoms in total. The van der Waals surface area contributed by atoms with Gasteiger partial charge in [0.25, 0.3) is 0 Å². The number of rotatable bonds is 4. The molecule has 13 heavy (non-hydrogen) atoms. The first-order valence-corrected chi connectivity index (χ1v) is 5.70. The van der Waals surface area contributed by atoms with Gasteiger partial charge >= 0.3 is 0 Å². The lowest BCUT2D eigenvalue weighted by atomic mass is 9.98. The SMILES string of the molecule is CCC(NC1CCNCC1)C(C)C. The van der Waals surface area contributed by atoms with Crippen molar-refractivity contribution in [3.63, 3.8) is 0 Å². The zero-order valence-corrected chi connectivity index (χ0v) is 9.27. The Bertz CT molecular complexity index is 128. The minimum Gasteiger partial charge on any atom is -0.317 e. The molecule has 1 unspecified atom stereocenters. The summed E-state index contributed by atoms with van der Waals surface area (Å²) < 4.78 is 0. The van der Waals surface area contributed by atoms with Gasteiger partial charge in [-0.15, -0.1) is 0 Å². The Morgan fingerprint density at radius 2 is 1.92 bits per heavy atom. The lowest BCUT2D eigenvalue weighted by Crippen LogP contribution is -2.46. The van der Waals surface area contributed by atoms with Crippen LogP contribution in [0.4, 0.5) is 0 Å². The standard InChI is InChI=1S/C11H24N2/c1-4-11(9(2)3)13-10-5-7-12-8-6-10/h9-13H,4-8H2,1-3H3. The Morgan fingerprint density at radius 1 is 1.31 bits per heavy atom. The summed E-state index contributed by atoms with van der Waals surface area (Å²) in [6.45, 7) is 9.27. The molecule has 0 bridgehead atoms. The normalized spacial score (nSPS) is 22.2. The first-order valence-electron chi connectivity index (χ1n) is 5.70. The molecule has 1 rings (SSSR count). The van der Waals surface area contributed by atoms with E-state index in [0.29, 0.717) is 6.04 Å². The maximum absolute atomic E-state index is 3.77. The molecule has 1 aliphatic rings. The van der Waals surface area contributed by atoms with E-state index in [1.807, 2.05) is 0 Å². The fourth-order valence-corrected chi connectivity index (χ4v) is 2.07. The second kappa shape index (κ2) is 5.61. The van der Waals surface area contributed by atoms with Crippen LogP contribution in [0, 0.1) is 5.92 Å². The summed E-state index contributed by atoms with van der Waals surface area (Å²) in [7, 11) is 0. The molecular weight excluding hydrogens is 160 g/mol. The second-order valence-corrected chi connectivity index (χ2v) is 4.45. The van der Waals surface area contributed by atoms with Gasteiger partial charge in [0.1, 0.15) is 0 Å². The van der Waals surface area contributed by atoms with Gasteiger partial charge in [0.05, 0.1) is 0 Å². The molecule has 0 aromatic rings. The molecule has 1 atom stereocenters. The molecule has 1 heterocycles. The first kappa shape index (κ1) is 11.0. The van der Waals surface area contributed by atoms with Gasteiger partial charge in [0.2, 0.25) is 0 Å². The lowest BCUT2D eigenvalue weighted by Gasteiger charge is -2.30. The molecule has 0 aromatic heterocycles. The monoisotopic (exact) mass is 184 g/mol. The maximum Gasteiger partial charge on any atom is 0.00939 e. The number of hydrogen-bond donors (Lipinski definition) is 2. The predicted octanol–water partition coefficient (Wildman–Crippen LogP) is 1.76. The molecule has 2 heteroatoms. The fourth-order valence-electron chi connectivity index (χ4n) is 2.07. The van der Waals surface area contributed by atoms with Crippen molar-refractivity contribution in [3.05, 3.63) is 0 Å². The van der Waals surface area contributed by atoms with Crippen LogP contribution >= 0.6 is 0 Å². The van der Waals surface area contributed by atoms with E-state index in [-0.39, 0.29) is 0 Å². The lowest BCUT2D eigenvalue weighted by molar-refractivity contribution is 0.299. The van der Waals surface area contributed by atoms with Gasteiger partial charge in [-0.1, -0.05) is 20.8 Å². The van der Waals surface area contributed by atoms with Crippen molar-refractivity contribution in [1.82, 2.24) is 10.6 Å². The van der Waals surface area contributed by atoms with E-state index >= 15 is 0 Å². The molecule has 0 saturated carbocycles. The Hall–Kier alpha value is -0.0800. The maximum atomic E-state index is 3.77. The van der Waals surface area contributed by atoms with Gasteiger partial charge < -0.3 is 10.6 Å². The fraction of sp³-hybridized carbons (Fsp3) is 1.00. The van der Waals surface area contributed by atoms with Crippen molar-refractivity contribution < 1.29 is 0 Å². The van der Waals surface area contributed by atoms with Gasteiger partial charge in [-0.3, -0.25) is 0 Å². The minimum absolute atomic E-state index is 0.711. The van der Waals surface area contributed by atoms with Crippen LogP contribution in [0.15, 0.2) is 0 Å². The Labute approximate surface area is 82.5 Å². The van der Waals surface area contributed by atoms with Gasteiger partial charge in [0.15, 0.2) is 0 Å². The van der Waals surface area contributed by atoms with Crippen LogP contribution in [0.1, 0.15) is 40.0 Å². The predicted molar refractivity (Wildman–Crippen MR) is 57.9 cm³/mol. The third-order valence-electron chi connectivity index (χ3n) is 3.03. The van der Waals surface area contributed by atoms with Crippen molar-refractivity contribution in [2.45, 2.75) is 52.1 Å². The van der Waals surface area contributed by atoms with Gasteiger partial charge in [0, 0.05) is 12.1 Å². The largest absolute Gasteiger partial charge is 0.317 e. The van der Waals surface area contributed by atoms with Crippen molar-refractivity contribution in [2.75, 3.05) is 13.1 Å². The highest BCUT2D eigenvalue weighted by Crippen LogP contribution is 2.10. The summed E-state index contributed by atoms with van der Waals surface area (Å²) in [6.07, 6.45) is 3.84. The summed E-state index contributed by atoms with van der Waals surface area (Å²) >= 11 is 0. The van der Waals surface area contributed by atoms with Crippen LogP contribution in [0.5, 0.6) is 0 Å². The van der Waals surface area contributed by atoms with Crippen molar-refractivity contribution >= 4 is 0 Å². The molecule has 1 saturated heterocycles. The zero-order chi connectivity index (χ0) is 9.68. The number of hydrogen-bond acceptors (Lipinski definition) is 2. The van der Waals surface area contributed by atoms with Crippen LogP contribution in [0.25, 0.3) is 0 Å². The molecular formula is C11H24N2. The highest BCUT2D eigenvalue weighted by molar-refractivity contribution is 4.79. The molecule has 2 N–H and O–H groups in total. The topological polar surface area (TPSA) is 24.1 Å². The summed E-state index contributed by atoms with van der Waals surface area (Å²) in [6, 6.07) is 1.47. The van der Waals surface area contributed by atoms with E-state index in [1.54, 1.807) is 0 Å². The van der Waals surface area contributed by atoms with E-state index in [4.69, 9.17) is 0 Å². The van der Waals surface area contributed by atoms with E-state index in [0.717, 1.165) is 12.0 Å². The van der Waals surface area contributed by atoms with Crippen molar-refractivity contribution in [3.8, 4) is 0 Å². The minimum atomic E-state index is 0.711. The zero-order valence-electron chi connectivity index (χ0n) is 9.27. The van der Waals surface area contributed by atoms with Crippen LogP contribution in [0.3, 0.4) is 0 Å². The van der Waals surface area contributed by atoms with Crippen LogP contribution in [-0.2, 0) is 0 Å². The first-order chi connectivity index (χ1) is 6.24. The molecule has 0 radical (unpaired) electrons. The van der Waals surface area contributed by atoms with Gasteiger partial charge in [-0.05, 0) is 38.3 Å². The van der Waals surface area contributed by atoms with Crippen LogP contribution < -0.4 is 10.6 Å². The van der Waals surface area contributed by atoms with E-state index in [1.165, 1.54) is 32.4 Å². The van der Waals surface area contributed by atoms with E-state index in [9.17, 15) is 0 Å². The molecule has 0 spiro atoms. The summed E-state index contributed by atoms with van der Waals surface area (Å²) in [4.78, 5) is 0. The number of nitrogens with one attached hydrogen (secondary N) is 2. The van der Waals surface area contributed by atoms with Crippen molar-refractivity contribution in [2.24, 2.45) is 5.92 Å². The molecule has 0 aromatic carbocycles. The van der Waals surface area contributed by atoms with E-state index < -0.39 is 0 Å². The van der Waals surface area contributed by atoms with Crippen molar-refractivity contribution in [1.29, 1.82) is 0 Å². The smallest absolute Gasteiger partial charge is 0.00939 e. The van der Waals surface area contributed by atoms with E-state index in [2.05, 4.69) is 31.4 Å². The van der Waals surface area contributed by atoms with Gasteiger partial charge in [-0.25, -0.2) is 0 Å². The average Bonchev–Trinajstić information content (AvgIpc) is 2.15. The summed E-state index contributed by atoms with van der Waals surface area (Å²) in [5.74, 6) is 0.764. The Morgan fingerprint density at radius 3 is 2.38 bits per heavy atom. The Kier molecular flexibility index (Phi) is 4.74. The van der Waals surface area contributed by atoms with Crippen LogP contribution in [0.2, 0.25) is 0 Å². The van der Waals surface area contributed by atoms with Gasteiger partial charge in [-0.2, -0.15) is 0 Å². The molecule has 78 valence electrons. The summed E-state index contributed by atoms with van der Waals surface area (Å²) in [5.41, 5.74) is 0. The second-order valence-electron chi connectivity index (χ2n) is 4.45. The molecule has 0 amide bonds. The average molecular weight is 184 g/mol. The quantitative estimate of drug-likeness (QED) is 0.696. The highest BCUT2D eigenvalue weighted by Gasteiger charge is 2.18.